The predicted molar refractivity (Wildman–Crippen MR) is 232 cm³/mol. The number of thioether (sulfide) groups is 1. The molecule has 2 bridgehead atoms. The first-order valence-electron chi connectivity index (χ1n) is 20.7. The minimum atomic E-state index is -5.29. The maximum atomic E-state index is 14.4. The minimum absolute atomic E-state index is 0.0691. The summed E-state index contributed by atoms with van der Waals surface area (Å²) < 4.78 is 48.8. The summed E-state index contributed by atoms with van der Waals surface area (Å²) in [5.41, 5.74) is 4.88. The van der Waals surface area contributed by atoms with Gasteiger partial charge in [-0.3, -0.25) is 29.3 Å². The molecule has 0 amide bonds. The van der Waals surface area contributed by atoms with Crippen LogP contribution in [0, 0.1) is 13.8 Å². The number of methoxy groups -OCH3 is 2. The zero-order valence-electron chi connectivity index (χ0n) is 36.2. The summed E-state index contributed by atoms with van der Waals surface area (Å²) in [7, 11) is -0.339. The van der Waals surface area contributed by atoms with E-state index in [4.69, 9.17) is 28.4 Å². The average molecular weight is 893 g/mol. The van der Waals surface area contributed by atoms with Crippen molar-refractivity contribution in [2.45, 2.75) is 82.9 Å². The van der Waals surface area contributed by atoms with Gasteiger partial charge in [0.2, 0.25) is 6.79 Å². The fourth-order valence-corrected chi connectivity index (χ4v) is 12.0. The number of nitrogens with one attached hydrogen (secondary N) is 2. The third-order valence-corrected chi connectivity index (χ3v) is 14.6. The monoisotopic (exact) mass is 892 g/mol. The fourth-order valence-electron chi connectivity index (χ4n) is 10.4. The van der Waals surface area contributed by atoms with Crippen molar-refractivity contribution in [3.63, 3.8) is 0 Å². The smallest absolute Gasteiger partial charge is 0.396 e. The van der Waals surface area contributed by atoms with E-state index in [0.717, 1.165) is 27.7 Å². The molecule has 6 heterocycles. The van der Waals surface area contributed by atoms with Gasteiger partial charge in [-0.05, 0) is 80.4 Å². The van der Waals surface area contributed by atoms with Gasteiger partial charge in [-0.25, -0.2) is 4.79 Å². The molecular formula is C44H53N4O12PS. The summed E-state index contributed by atoms with van der Waals surface area (Å²) >= 11 is 1.51. The Morgan fingerprint density at radius 3 is 2.44 bits per heavy atom. The summed E-state index contributed by atoms with van der Waals surface area (Å²) in [5, 5.41) is 3.86. The lowest BCUT2D eigenvalue weighted by molar-refractivity contribution is -0.150. The highest BCUT2D eigenvalue weighted by Gasteiger charge is 2.57. The third-order valence-electron chi connectivity index (χ3n) is 12.8. The van der Waals surface area contributed by atoms with Gasteiger partial charge in [-0.1, -0.05) is 19.9 Å². The van der Waals surface area contributed by atoms with E-state index in [1.165, 1.54) is 25.8 Å². The van der Waals surface area contributed by atoms with Crippen LogP contribution in [0.1, 0.15) is 99.1 Å². The summed E-state index contributed by atoms with van der Waals surface area (Å²) in [6.45, 7) is 9.72. The van der Waals surface area contributed by atoms with Crippen LogP contribution in [0.25, 0.3) is 10.9 Å². The van der Waals surface area contributed by atoms with Gasteiger partial charge in [-0.15, -0.1) is 0 Å². The topological polar surface area (TPSA) is 198 Å². The Balaban J connectivity index is 0.00000261. The summed E-state index contributed by atoms with van der Waals surface area (Å²) in [6, 6.07) is 4.96. The molecule has 332 valence electrons. The molecule has 1 fully saturated rings. The minimum Gasteiger partial charge on any atom is -0.497 e. The number of carbonyl (C=O) groups excluding carboxylic acids is 3. The summed E-state index contributed by atoms with van der Waals surface area (Å²) in [6.07, 6.45) is 3.11. The van der Waals surface area contributed by atoms with Crippen molar-refractivity contribution < 1.29 is 57.2 Å². The largest absolute Gasteiger partial charge is 0.497 e. The first-order valence-corrected chi connectivity index (χ1v) is 23.6. The van der Waals surface area contributed by atoms with E-state index in [0.29, 0.717) is 76.7 Å². The van der Waals surface area contributed by atoms with Gasteiger partial charge < -0.3 is 43.2 Å². The van der Waals surface area contributed by atoms with Crippen LogP contribution in [-0.2, 0) is 31.7 Å². The molecule has 0 aliphatic carbocycles. The summed E-state index contributed by atoms with van der Waals surface area (Å²) in [4.78, 5) is 69.8. The number of hydrogen-bond acceptors (Lipinski definition) is 14. The van der Waals surface area contributed by atoms with Crippen molar-refractivity contribution >= 4 is 47.7 Å². The van der Waals surface area contributed by atoms with E-state index < -0.39 is 54.5 Å². The molecule has 4 aromatic rings. The molecule has 1 saturated heterocycles. The van der Waals surface area contributed by atoms with Gasteiger partial charge >= 0.3 is 19.5 Å². The first kappa shape index (κ1) is 44.0. The van der Waals surface area contributed by atoms with Gasteiger partial charge in [-0.2, -0.15) is 11.8 Å². The van der Waals surface area contributed by atoms with Crippen molar-refractivity contribution in [3.8, 4) is 28.7 Å². The quantitative estimate of drug-likeness (QED) is 0.0870. The number of H-pyrrole nitrogens is 1. The standard InChI is InChI=1S/C42H47N4O12PS.C2H6/c1-18-12-21-13-22-15-46-27(16-55-41(48)33-32-24(10-11-43-33)25-14-23(53-5)8-9-26(25)44-32)29-30(37(58-20(3)47)19(2)38-39(29)57-17-56-38)40(60-7)35(46)34(45(22)4)28(21)31(36(18)54-6)42(49)59(50,51)52;1-2/h8-9,12,14,22,27,33-35,40,43-44H,10-11,13,15-17H2,1-7H3,(H2,50,51,52);1-2H3/t22-,27?,33?,34+,35?,40?;/m0./s1. The number of likely N-dealkylation sites (N-methyl/N-ethyl adjacent to an activating group) is 1. The van der Waals surface area contributed by atoms with E-state index in [9.17, 15) is 28.7 Å². The number of carbonyl (C=O) groups is 3. The highest BCUT2D eigenvalue weighted by molar-refractivity contribution is 7.98. The molecule has 62 heavy (non-hydrogen) atoms. The molecule has 6 atom stereocenters. The second kappa shape index (κ2) is 16.8. The van der Waals surface area contributed by atoms with E-state index in [2.05, 4.69) is 20.1 Å². The van der Waals surface area contributed by atoms with Crippen molar-refractivity contribution in [2.24, 2.45) is 0 Å². The molecule has 1 aromatic heterocycles. The molecule has 4 N–H and O–H groups in total. The van der Waals surface area contributed by atoms with Crippen molar-refractivity contribution in [2.75, 3.05) is 54.0 Å². The molecule has 5 aliphatic heterocycles. The van der Waals surface area contributed by atoms with Gasteiger partial charge in [0.15, 0.2) is 11.5 Å². The molecule has 16 nitrogen and oxygen atoms in total. The molecule has 3 aromatic carbocycles. The number of esters is 2. The van der Waals surface area contributed by atoms with Gasteiger partial charge in [0.1, 0.15) is 29.9 Å². The van der Waals surface area contributed by atoms with Gasteiger partial charge in [0.25, 0.3) is 5.52 Å². The number of ether oxygens (including phenoxy) is 6. The number of aromatic amines is 1. The van der Waals surface area contributed by atoms with E-state index in [-0.39, 0.29) is 30.8 Å². The molecule has 9 rings (SSSR count). The van der Waals surface area contributed by atoms with Crippen LogP contribution in [0.3, 0.4) is 0 Å². The number of aromatic nitrogens is 1. The molecule has 0 saturated carbocycles. The predicted octanol–water partition coefficient (Wildman–Crippen LogP) is 5.97. The molecule has 4 unspecified atom stereocenters. The van der Waals surface area contributed by atoms with E-state index >= 15 is 0 Å². The Bertz CT molecular complexity index is 2540. The van der Waals surface area contributed by atoms with Crippen LogP contribution >= 0.6 is 19.4 Å². The van der Waals surface area contributed by atoms with Crippen molar-refractivity contribution in [1.29, 1.82) is 0 Å². The molecule has 18 heteroatoms. The number of rotatable bonds is 9. The maximum absolute atomic E-state index is 14.4. The number of nitrogens with zero attached hydrogens (tertiary/aromatic N) is 2. The average Bonchev–Trinajstić information content (AvgIpc) is 3.89. The third kappa shape index (κ3) is 6.96. The lowest BCUT2D eigenvalue weighted by Gasteiger charge is -2.60. The number of benzene rings is 3. The molecule has 5 aliphatic rings. The molecule has 0 radical (unpaired) electrons. The lowest BCUT2D eigenvalue weighted by Crippen LogP contribution is -2.65. The Kier molecular flexibility index (Phi) is 11.9. The normalized spacial score (nSPS) is 23.5. The summed E-state index contributed by atoms with van der Waals surface area (Å²) in [5.74, 6) is 0.985. The van der Waals surface area contributed by atoms with E-state index in [1.54, 1.807) is 21.0 Å². The second-order valence-electron chi connectivity index (χ2n) is 16.0. The molecular weight excluding hydrogens is 840 g/mol. The highest BCUT2D eigenvalue weighted by atomic mass is 32.2. The highest BCUT2D eigenvalue weighted by Crippen LogP contribution is 2.62. The van der Waals surface area contributed by atoms with Gasteiger partial charge in [0.05, 0.1) is 37.1 Å². The van der Waals surface area contributed by atoms with Gasteiger partial charge in [0, 0.05) is 65.4 Å². The number of hydrogen-bond donors (Lipinski definition) is 4. The Morgan fingerprint density at radius 2 is 1.76 bits per heavy atom. The Labute approximate surface area is 364 Å². The van der Waals surface area contributed by atoms with Crippen LogP contribution in [-0.4, -0.2) is 108 Å². The molecule has 0 spiro atoms. The van der Waals surface area contributed by atoms with Crippen LogP contribution < -0.4 is 29.0 Å². The first-order chi connectivity index (χ1) is 29.7. The van der Waals surface area contributed by atoms with Crippen LogP contribution in [0.15, 0.2) is 24.3 Å². The SMILES string of the molecule is CC.COc1ccc2[nH]c3c(c2c1)CCNC3C(=O)OCC1c2c3c(c(C)c(OC(C)=O)c2C(SC)C2[C@H]4c5c(cc(C)c(OC)c5C(=O)P(=O)(O)O)C[C@@H](CN12)N4C)OCO3. The van der Waals surface area contributed by atoms with Crippen molar-refractivity contribution in [1.82, 2.24) is 20.1 Å². The zero-order chi connectivity index (χ0) is 44.5. The second-order valence-corrected chi connectivity index (χ2v) is 18.5. The lowest BCUT2D eigenvalue weighted by atomic mass is 9.72. The fraction of sp³-hybridized carbons (Fsp3) is 0.477. The zero-order valence-corrected chi connectivity index (χ0v) is 38.0. The Morgan fingerprint density at radius 1 is 1.02 bits per heavy atom. The van der Waals surface area contributed by atoms with Crippen molar-refractivity contribution in [3.05, 3.63) is 74.5 Å². The number of fused-ring (bicyclic) bond motifs is 12. The van der Waals surface area contributed by atoms with E-state index in [1.807, 2.05) is 51.4 Å². The van der Waals surface area contributed by atoms with Crippen LogP contribution in [0.2, 0.25) is 0 Å². The van der Waals surface area contributed by atoms with Crippen LogP contribution in [0.4, 0.5) is 0 Å². The number of piperazine rings is 1. The Hall–Kier alpha value is -4.61. The number of aryl methyl sites for hydroxylation is 1. The maximum Gasteiger partial charge on any atom is 0.396 e. The van der Waals surface area contributed by atoms with Crippen LogP contribution in [0.5, 0.6) is 28.7 Å².